The van der Waals surface area contributed by atoms with E-state index in [1.54, 1.807) is 6.21 Å². The molecule has 4 N–H and O–H groups in total. The van der Waals surface area contributed by atoms with Gasteiger partial charge in [0.2, 0.25) is 0 Å². The van der Waals surface area contributed by atoms with Crippen molar-refractivity contribution in [1.29, 1.82) is 5.41 Å². The van der Waals surface area contributed by atoms with Crippen molar-refractivity contribution < 1.29 is 9.90 Å². The Balaban J connectivity index is 0.00000106. The maximum atomic E-state index is 12.5. The smallest absolute Gasteiger partial charge is 0.263 e. The average molecular weight is 490 g/mol. The number of likely N-dealkylation sites (N-methyl/N-ethyl adjacent to an activating group) is 1. The number of hydrogen-bond donors (Lipinski definition) is 4. The number of anilines is 2. The second-order valence-corrected chi connectivity index (χ2v) is 8.29. The monoisotopic (exact) mass is 489 g/mol. The van der Waals surface area contributed by atoms with Crippen LogP contribution in [-0.4, -0.2) is 68.7 Å². The molecule has 0 radical (unpaired) electrons. The summed E-state index contributed by atoms with van der Waals surface area (Å²) in [6.07, 6.45) is 3.54. The first-order chi connectivity index (χ1) is 16.4. The quantitative estimate of drug-likeness (QED) is 0.405. The number of rotatable bonds is 7. The van der Waals surface area contributed by atoms with Crippen LogP contribution in [-0.2, 0) is 6.42 Å². The first kappa shape index (κ1) is 31.4. The normalized spacial score (nSPS) is 11.5. The largest absolute Gasteiger partial charge is 0.400 e. The Bertz CT molecular complexity index is 907. The van der Waals surface area contributed by atoms with Crippen LogP contribution in [0.25, 0.3) is 0 Å². The van der Waals surface area contributed by atoms with E-state index in [2.05, 4.69) is 21.7 Å². The summed E-state index contributed by atoms with van der Waals surface area (Å²) in [4.78, 5) is 19.1. The van der Waals surface area contributed by atoms with Crippen LogP contribution in [0, 0.1) is 12.3 Å². The van der Waals surface area contributed by atoms with Gasteiger partial charge in [0.15, 0.2) is 0 Å². The molecule has 190 valence electrons. The lowest BCUT2D eigenvalue weighted by Crippen LogP contribution is -2.31. The van der Waals surface area contributed by atoms with E-state index >= 15 is 0 Å². The fourth-order valence-corrected chi connectivity index (χ4v) is 4.06. The van der Waals surface area contributed by atoms with E-state index < -0.39 is 0 Å². The Morgan fingerprint density at radius 2 is 1.94 bits per heavy atom. The lowest BCUT2D eigenvalue weighted by atomic mass is 10.1. The Hall–Kier alpha value is -2.55. The minimum Gasteiger partial charge on any atom is -0.400 e. The van der Waals surface area contributed by atoms with E-state index in [1.165, 1.54) is 16.9 Å². The summed E-state index contributed by atoms with van der Waals surface area (Å²) < 4.78 is 0. The zero-order valence-electron chi connectivity index (χ0n) is 22.1. The third-order valence-electron chi connectivity index (χ3n) is 4.73. The van der Waals surface area contributed by atoms with Gasteiger partial charge in [-0.25, -0.2) is 0 Å². The second kappa shape index (κ2) is 17.9. The van der Waals surface area contributed by atoms with Crippen LogP contribution >= 0.6 is 11.3 Å². The van der Waals surface area contributed by atoms with Gasteiger partial charge >= 0.3 is 0 Å². The lowest BCUT2D eigenvalue weighted by Gasteiger charge is -2.12. The molecule has 0 bridgehead atoms. The number of thiophene rings is 1. The molecule has 0 unspecified atom stereocenters. The highest BCUT2D eigenvalue weighted by atomic mass is 32.1. The van der Waals surface area contributed by atoms with Crippen molar-refractivity contribution >= 4 is 40.5 Å². The van der Waals surface area contributed by atoms with Crippen molar-refractivity contribution in [2.45, 2.75) is 47.5 Å². The van der Waals surface area contributed by atoms with Gasteiger partial charge in [-0.15, -0.1) is 11.3 Å². The summed E-state index contributed by atoms with van der Waals surface area (Å²) in [6.45, 7) is 12.3. The first-order valence-corrected chi connectivity index (χ1v) is 12.6. The molecular weight excluding hydrogens is 446 g/mol. The van der Waals surface area contributed by atoms with Crippen molar-refractivity contribution in [3.8, 4) is 0 Å². The van der Waals surface area contributed by atoms with Crippen molar-refractivity contribution in [2.24, 2.45) is 4.99 Å². The number of carbonyl (C=O) groups is 1. The van der Waals surface area contributed by atoms with E-state index in [9.17, 15) is 4.79 Å². The molecule has 0 atom stereocenters. The summed E-state index contributed by atoms with van der Waals surface area (Å²) in [6, 6.07) is 6.09. The first-order valence-electron chi connectivity index (χ1n) is 11.7. The molecule has 1 aromatic carbocycles. The summed E-state index contributed by atoms with van der Waals surface area (Å²) in [5.74, 6) is -0.0367. The molecule has 1 aromatic heterocycles. The molecule has 1 aliphatic carbocycles. The highest BCUT2D eigenvalue weighted by molar-refractivity contribution is 7.12. The van der Waals surface area contributed by atoms with Crippen LogP contribution in [0.2, 0.25) is 0 Å². The van der Waals surface area contributed by atoms with Crippen molar-refractivity contribution in [3.05, 3.63) is 45.1 Å². The SMILES string of the molecule is CC.CC=NCC.CO.Cc1csc(C(=O)NCCN(C)C)c1Nc1ccc2c(c1)CCC2=N. The Labute approximate surface area is 209 Å². The third kappa shape index (κ3) is 10.2. The van der Waals surface area contributed by atoms with Crippen LogP contribution in [0.3, 0.4) is 0 Å². The number of aliphatic hydroxyl groups excluding tert-OH is 1. The van der Waals surface area contributed by atoms with Gasteiger partial charge in [-0.3, -0.25) is 9.79 Å². The Morgan fingerprint density at radius 1 is 1.26 bits per heavy atom. The van der Waals surface area contributed by atoms with Crippen LogP contribution < -0.4 is 10.6 Å². The minimum absolute atomic E-state index is 0.0367. The highest BCUT2D eigenvalue weighted by Gasteiger charge is 2.19. The predicted molar refractivity (Wildman–Crippen MR) is 149 cm³/mol. The van der Waals surface area contributed by atoms with E-state index in [1.807, 2.05) is 71.1 Å². The fourth-order valence-electron chi connectivity index (χ4n) is 3.13. The fraction of sp³-hybridized carbons (Fsp3) is 0.500. The zero-order valence-corrected chi connectivity index (χ0v) is 22.9. The number of carbonyl (C=O) groups excluding carboxylic acids is 1. The Morgan fingerprint density at radius 3 is 2.50 bits per heavy atom. The molecule has 0 spiro atoms. The van der Waals surface area contributed by atoms with Gasteiger partial charge in [0.25, 0.3) is 5.91 Å². The van der Waals surface area contributed by atoms with E-state index in [4.69, 9.17) is 10.5 Å². The molecule has 0 aliphatic heterocycles. The summed E-state index contributed by atoms with van der Waals surface area (Å²) >= 11 is 1.47. The molecule has 34 heavy (non-hydrogen) atoms. The zero-order chi connectivity index (χ0) is 26.1. The van der Waals surface area contributed by atoms with Crippen LogP contribution in [0.1, 0.15) is 60.5 Å². The van der Waals surface area contributed by atoms with Gasteiger partial charge < -0.3 is 26.0 Å². The topological polar surface area (TPSA) is 101 Å². The van der Waals surface area contributed by atoms with Gasteiger partial charge in [0.1, 0.15) is 4.88 Å². The molecule has 2 aromatic rings. The molecule has 8 heteroatoms. The number of aliphatic hydroxyl groups is 1. The van der Waals surface area contributed by atoms with Gasteiger partial charge in [-0.05, 0) is 88.1 Å². The van der Waals surface area contributed by atoms with Crippen molar-refractivity contribution in [2.75, 3.05) is 46.2 Å². The summed E-state index contributed by atoms with van der Waals surface area (Å²) in [5, 5.41) is 23.3. The molecule has 0 saturated carbocycles. The van der Waals surface area contributed by atoms with Crippen molar-refractivity contribution in [1.82, 2.24) is 10.2 Å². The minimum atomic E-state index is -0.0367. The third-order valence-corrected chi connectivity index (χ3v) is 5.83. The molecule has 1 heterocycles. The second-order valence-electron chi connectivity index (χ2n) is 7.41. The number of amides is 1. The van der Waals surface area contributed by atoms with Gasteiger partial charge in [-0.2, -0.15) is 0 Å². The van der Waals surface area contributed by atoms with Crippen LogP contribution in [0.5, 0.6) is 0 Å². The molecule has 0 fully saturated rings. The summed E-state index contributed by atoms with van der Waals surface area (Å²) in [7, 11) is 4.98. The number of benzene rings is 1. The maximum Gasteiger partial charge on any atom is 0.263 e. The molecule has 0 saturated heterocycles. The van der Waals surface area contributed by atoms with E-state index in [0.29, 0.717) is 17.1 Å². The number of nitrogens with zero attached hydrogens (tertiary/aromatic N) is 2. The number of aliphatic imine (C=N–C) groups is 1. The molecule has 7 nitrogen and oxygen atoms in total. The molecule has 1 aliphatic rings. The molecule has 1 amide bonds. The highest BCUT2D eigenvalue weighted by Crippen LogP contribution is 2.32. The van der Waals surface area contributed by atoms with Gasteiger partial charge in [-0.1, -0.05) is 19.9 Å². The van der Waals surface area contributed by atoms with Crippen LogP contribution in [0.4, 0.5) is 11.4 Å². The molecule has 3 rings (SSSR count). The average Bonchev–Trinajstić information content (AvgIpc) is 3.39. The lowest BCUT2D eigenvalue weighted by molar-refractivity contribution is 0.0956. The standard InChI is InChI=1S/C19H24N4OS.C4H9N.C2H6.CH4O/c1-12-11-25-18(19(24)21-8-9-23(2)3)17(12)22-14-5-6-15-13(10-14)4-7-16(15)20;1-3-5-4-2;2*1-2/h5-6,10-11,20,22H,4,7-9H2,1-3H3,(H,21,24);3H,4H2,1-2H3;1-2H3;2H,1H3. The number of hydrogen-bond acceptors (Lipinski definition) is 7. The van der Waals surface area contributed by atoms with Gasteiger partial charge in [0.05, 0.1) is 5.69 Å². The number of aryl methyl sites for hydroxylation is 2. The maximum absolute atomic E-state index is 12.5. The van der Waals surface area contributed by atoms with Crippen LogP contribution in [0.15, 0.2) is 28.6 Å². The Kier molecular flexibility index (Phi) is 16.5. The van der Waals surface area contributed by atoms with E-state index in [-0.39, 0.29) is 5.91 Å². The number of fused-ring (bicyclic) bond motifs is 1. The van der Waals surface area contributed by atoms with E-state index in [0.717, 1.165) is 55.5 Å². The molecular formula is C26H43N5O2S. The van der Waals surface area contributed by atoms with Gasteiger partial charge in [0, 0.05) is 38.1 Å². The summed E-state index contributed by atoms with van der Waals surface area (Å²) in [5.41, 5.74) is 5.89. The predicted octanol–water partition coefficient (Wildman–Crippen LogP) is 5.14. The number of nitrogens with one attached hydrogen (secondary N) is 3. The van der Waals surface area contributed by atoms with Crippen molar-refractivity contribution in [3.63, 3.8) is 0 Å².